The predicted octanol–water partition coefficient (Wildman–Crippen LogP) is 2.81. The summed E-state index contributed by atoms with van der Waals surface area (Å²) in [6.07, 6.45) is 0.541. The maximum atomic E-state index is 13.5. The molecule has 0 radical (unpaired) electrons. The third-order valence-corrected chi connectivity index (χ3v) is 2.95. The molecule has 6 heteroatoms. The lowest BCUT2D eigenvalue weighted by Gasteiger charge is -2.09. The molecular weight excluding hydrogens is 275 g/mol. The number of nitrogens with zero attached hydrogens (tertiary/aromatic N) is 1. The quantitative estimate of drug-likeness (QED) is 0.655. The summed E-state index contributed by atoms with van der Waals surface area (Å²) in [5.74, 6) is -0.0879. The summed E-state index contributed by atoms with van der Waals surface area (Å²) in [7, 11) is 0. The second-order valence-electron chi connectivity index (χ2n) is 4.51. The summed E-state index contributed by atoms with van der Waals surface area (Å²) in [4.78, 5) is 10.4. The van der Waals surface area contributed by atoms with Crippen LogP contribution in [-0.4, -0.2) is 11.5 Å². The average Bonchev–Trinajstić information content (AvgIpc) is 2.45. The number of nitrogens with two attached hydrogens (primary N) is 1. The summed E-state index contributed by atoms with van der Waals surface area (Å²) in [6, 6.07) is 10.6. The Bertz CT molecular complexity index is 647. The Kier molecular flexibility index (Phi) is 4.84. The monoisotopic (exact) mass is 290 g/mol. The van der Waals surface area contributed by atoms with E-state index in [0.717, 1.165) is 5.56 Å². The Hall–Kier alpha value is -2.47. The van der Waals surface area contributed by atoms with Gasteiger partial charge in [0.2, 0.25) is 0 Å². The molecule has 0 saturated heterocycles. The van der Waals surface area contributed by atoms with Crippen LogP contribution in [0.15, 0.2) is 42.5 Å². The largest absolute Gasteiger partial charge is 0.489 e. The van der Waals surface area contributed by atoms with Gasteiger partial charge in [-0.1, -0.05) is 12.1 Å². The van der Waals surface area contributed by atoms with Gasteiger partial charge in [0.1, 0.15) is 18.2 Å². The molecule has 110 valence electrons. The average molecular weight is 290 g/mol. The van der Waals surface area contributed by atoms with E-state index < -0.39 is 10.7 Å². The lowest BCUT2D eigenvalue weighted by Crippen LogP contribution is -2.04. The van der Waals surface area contributed by atoms with Gasteiger partial charge < -0.3 is 10.5 Å². The van der Waals surface area contributed by atoms with Crippen molar-refractivity contribution in [3.8, 4) is 5.75 Å². The lowest BCUT2D eigenvalue weighted by molar-refractivity contribution is -0.385. The lowest BCUT2D eigenvalue weighted by atomic mass is 10.1. The maximum absolute atomic E-state index is 13.5. The highest BCUT2D eigenvalue weighted by Gasteiger charge is 2.13. The van der Waals surface area contributed by atoms with Gasteiger partial charge in [0.15, 0.2) is 0 Å². The van der Waals surface area contributed by atoms with Crippen molar-refractivity contribution in [1.29, 1.82) is 0 Å². The summed E-state index contributed by atoms with van der Waals surface area (Å²) < 4.78 is 18.9. The van der Waals surface area contributed by atoms with Crippen molar-refractivity contribution in [1.82, 2.24) is 0 Å². The molecule has 0 fully saturated rings. The van der Waals surface area contributed by atoms with Crippen molar-refractivity contribution in [2.24, 2.45) is 5.73 Å². The van der Waals surface area contributed by atoms with Crippen molar-refractivity contribution in [3.63, 3.8) is 0 Å². The standard InChI is InChI=1S/C15H15FN2O3/c16-13-7-11(5-6-17)8-14(9-13)21-10-12-3-1-2-4-15(12)18(19)20/h1-4,7-9H,5-6,10,17H2. The highest BCUT2D eigenvalue weighted by molar-refractivity contribution is 5.40. The number of benzene rings is 2. The first-order valence-corrected chi connectivity index (χ1v) is 6.45. The number of ether oxygens (including phenoxy) is 1. The Labute approximate surface area is 121 Å². The minimum Gasteiger partial charge on any atom is -0.489 e. The molecule has 0 aliphatic carbocycles. The van der Waals surface area contributed by atoms with Crippen molar-refractivity contribution in [3.05, 3.63) is 69.5 Å². The second-order valence-corrected chi connectivity index (χ2v) is 4.51. The minimum atomic E-state index is -0.468. The van der Waals surface area contributed by atoms with Crippen LogP contribution in [-0.2, 0) is 13.0 Å². The van der Waals surface area contributed by atoms with Crippen LogP contribution in [0.3, 0.4) is 0 Å². The number of nitro groups is 1. The second kappa shape index (κ2) is 6.81. The van der Waals surface area contributed by atoms with Gasteiger partial charge in [-0.25, -0.2) is 4.39 Å². The Morgan fingerprint density at radius 1 is 1.24 bits per heavy atom. The molecule has 5 nitrogen and oxygen atoms in total. The molecule has 2 aromatic rings. The van der Waals surface area contributed by atoms with Gasteiger partial charge in [0.05, 0.1) is 10.5 Å². The summed E-state index contributed by atoms with van der Waals surface area (Å²) >= 11 is 0. The Morgan fingerprint density at radius 3 is 2.71 bits per heavy atom. The molecule has 21 heavy (non-hydrogen) atoms. The molecule has 0 unspecified atom stereocenters. The predicted molar refractivity (Wildman–Crippen MR) is 76.6 cm³/mol. The van der Waals surface area contributed by atoms with E-state index in [1.54, 1.807) is 24.3 Å². The number of hydrogen-bond acceptors (Lipinski definition) is 4. The van der Waals surface area contributed by atoms with E-state index in [-0.39, 0.29) is 12.3 Å². The van der Waals surface area contributed by atoms with Gasteiger partial charge in [0.25, 0.3) is 5.69 Å². The smallest absolute Gasteiger partial charge is 0.276 e. The van der Waals surface area contributed by atoms with Crippen LogP contribution in [0.2, 0.25) is 0 Å². The van der Waals surface area contributed by atoms with Crippen LogP contribution < -0.4 is 10.5 Å². The first kappa shape index (κ1) is 14.9. The van der Waals surface area contributed by atoms with E-state index in [0.29, 0.717) is 24.3 Å². The van der Waals surface area contributed by atoms with Gasteiger partial charge in [0, 0.05) is 12.1 Å². The van der Waals surface area contributed by atoms with E-state index in [1.807, 2.05) is 0 Å². The molecule has 0 aromatic heterocycles. The summed E-state index contributed by atoms with van der Waals surface area (Å²) in [5.41, 5.74) is 6.59. The molecule has 0 heterocycles. The van der Waals surface area contributed by atoms with Crippen LogP contribution in [0, 0.1) is 15.9 Å². The number of rotatable bonds is 6. The van der Waals surface area contributed by atoms with E-state index >= 15 is 0 Å². The van der Waals surface area contributed by atoms with Crippen LogP contribution >= 0.6 is 0 Å². The zero-order valence-corrected chi connectivity index (χ0v) is 11.3. The molecule has 0 aliphatic heterocycles. The highest BCUT2D eigenvalue weighted by atomic mass is 19.1. The fourth-order valence-electron chi connectivity index (χ4n) is 1.99. The molecular formula is C15H15FN2O3. The molecule has 0 atom stereocenters. The third-order valence-electron chi connectivity index (χ3n) is 2.95. The van der Waals surface area contributed by atoms with Crippen molar-refractivity contribution in [2.75, 3.05) is 6.54 Å². The summed E-state index contributed by atoms with van der Waals surface area (Å²) in [5, 5.41) is 10.9. The van der Waals surface area contributed by atoms with Crippen LogP contribution in [0.5, 0.6) is 5.75 Å². The van der Waals surface area contributed by atoms with E-state index in [9.17, 15) is 14.5 Å². The van der Waals surface area contributed by atoms with Crippen molar-refractivity contribution >= 4 is 5.69 Å². The molecule has 0 bridgehead atoms. The molecule has 0 saturated carbocycles. The zero-order valence-electron chi connectivity index (χ0n) is 11.3. The molecule has 2 rings (SSSR count). The van der Waals surface area contributed by atoms with E-state index in [2.05, 4.69) is 0 Å². The van der Waals surface area contributed by atoms with Gasteiger partial charge >= 0.3 is 0 Å². The SMILES string of the molecule is NCCc1cc(F)cc(OCc2ccccc2[N+](=O)[O-])c1. The van der Waals surface area contributed by atoms with E-state index in [4.69, 9.17) is 10.5 Å². The number of hydrogen-bond donors (Lipinski definition) is 1. The third kappa shape index (κ3) is 4.00. The highest BCUT2D eigenvalue weighted by Crippen LogP contribution is 2.22. The minimum absolute atomic E-state index is 0.00265. The zero-order chi connectivity index (χ0) is 15.2. The van der Waals surface area contributed by atoms with Crippen LogP contribution in [0.4, 0.5) is 10.1 Å². The molecule has 2 aromatic carbocycles. The van der Waals surface area contributed by atoms with Crippen LogP contribution in [0.25, 0.3) is 0 Å². The topological polar surface area (TPSA) is 78.4 Å². The first-order valence-electron chi connectivity index (χ1n) is 6.45. The molecule has 2 N–H and O–H groups in total. The fourth-order valence-corrected chi connectivity index (χ4v) is 1.99. The Morgan fingerprint density at radius 2 is 2.00 bits per heavy atom. The summed E-state index contributed by atoms with van der Waals surface area (Å²) in [6.45, 7) is 0.412. The van der Waals surface area contributed by atoms with Gasteiger partial charge in [-0.15, -0.1) is 0 Å². The van der Waals surface area contributed by atoms with E-state index in [1.165, 1.54) is 18.2 Å². The van der Waals surface area contributed by atoms with Crippen LogP contribution in [0.1, 0.15) is 11.1 Å². The number of halogens is 1. The maximum Gasteiger partial charge on any atom is 0.276 e. The molecule has 0 spiro atoms. The van der Waals surface area contributed by atoms with Gasteiger partial charge in [-0.2, -0.15) is 0 Å². The van der Waals surface area contributed by atoms with Gasteiger partial charge in [-0.05, 0) is 36.7 Å². The number of para-hydroxylation sites is 1. The van der Waals surface area contributed by atoms with Crippen molar-refractivity contribution in [2.45, 2.75) is 13.0 Å². The molecule has 0 amide bonds. The molecule has 0 aliphatic rings. The number of nitro benzene ring substituents is 1. The first-order chi connectivity index (χ1) is 10.1. The normalized spacial score (nSPS) is 10.4. The Balaban J connectivity index is 2.15. The van der Waals surface area contributed by atoms with Gasteiger partial charge in [-0.3, -0.25) is 10.1 Å². The fraction of sp³-hybridized carbons (Fsp3) is 0.200. The van der Waals surface area contributed by atoms with Crippen molar-refractivity contribution < 1.29 is 14.1 Å².